The monoisotopic (exact) mass is 323 g/mol. The molecule has 1 aromatic rings. The molecule has 0 aliphatic rings. The first-order valence-electron chi connectivity index (χ1n) is 7.62. The average molecular weight is 323 g/mol. The number of benzene rings is 1. The van der Waals surface area contributed by atoms with Crippen LogP contribution in [-0.2, 0) is 14.3 Å². The van der Waals surface area contributed by atoms with Gasteiger partial charge in [-0.05, 0) is 25.0 Å². The van der Waals surface area contributed by atoms with Gasteiger partial charge in [0.1, 0.15) is 19.0 Å². The van der Waals surface area contributed by atoms with E-state index in [9.17, 15) is 9.59 Å². The minimum absolute atomic E-state index is 0.0102. The number of hydrogen-bond acceptors (Lipinski definition) is 4. The maximum absolute atomic E-state index is 11.9. The number of rotatable bonds is 10. The van der Waals surface area contributed by atoms with Crippen LogP contribution in [0.25, 0.3) is 0 Å². The third-order valence-corrected chi connectivity index (χ3v) is 3.69. The molecule has 1 unspecified atom stereocenters. The second-order valence-corrected chi connectivity index (χ2v) is 5.90. The highest BCUT2D eigenvalue weighted by molar-refractivity contribution is 5.79. The molecule has 128 valence electrons. The van der Waals surface area contributed by atoms with E-state index in [1.54, 1.807) is 6.92 Å². The first-order valence-corrected chi connectivity index (χ1v) is 7.62. The molecular weight excluding hydrogens is 298 g/mol. The van der Waals surface area contributed by atoms with Crippen molar-refractivity contribution in [2.24, 2.45) is 5.92 Å². The van der Waals surface area contributed by atoms with E-state index in [2.05, 4.69) is 5.32 Å². The molecule has 0 bridgehead atoms. The van der Waals surface area contributed by atoms with Crippen molar-refractivity contribution in [1.29, 1.82) is 0 Å². The summed E-state index contributed by atoms with van der Waals surface area (Å²) in [5.41, 5.74) is -0.799. The van der Waals surface area contributed by atoms with E-state index in [0.29, 0.717) is 6.61 Å². The number of carbonyl (C=O) groups excluding carboxylic acids is 1. The first-order chi connectivity index (χ1) is 10.8. The fourth-order valence-electron chi connectivity index (χ4n) is 1.96. The molecule has 6 heteroatoms. The van der Waals surface area contributed by atoms with Gasteiger partial charge in [-0.15, -0.1) is 0 Å². The quantitative estimate of drug-likeness (QED) is 0.644. The van der Waals surface area contributed by atoms with E-state index in [-0.39, 0.29) is 31.5 Å². The Hall–Kier alpha value is -2.08. The smallest absolute Gasteiger partial charge is 0.305 e. The molecular formula is C17H25NO5. The summed E-state index contributed by atoms with van der Waals surface area (Å²) in [7, 11) is 0. The van der Waals surface area contributed by atoms with Gasteiger partial charge in [-0.3, -0.25) is 9.59 Å². The maximum Gasteiger partial charge on any atom is 0.305 e. The van der Waals surface area contributed by atoms with Crippen molar-refractivity contribution in [3.05, 3.63) is 30.3 Å². The van der Waals surface area contributed by atoms with Crippen molar-refractivity contribution in [1.82, 2.24) is 5.32 Å². The van der Waals surface area contributed by atoms with Gasteiger partial charge in [0.15, 0.2) is 0 Å². The highest BCUT2D eigenvalue weighted by Crippen LogP contribution is 2.20. The summed E-state index contributed by atoms with van der Waals surface area (Å²) in [5.74, 6) is -0.542. The number of aliphatic carboxylic acids is 1. The van der Waals surface area contributed by atoms with Crippen LogP contribution >= 0.6 is 0 Å². The summed E-state index contributed by atoms with van der Waals surface area (Å²) >= 11 is 0. The van der Waals surface area contributed by atoms with Crippen molar-refractivity contribution in [3.63, 3.8) is 0 Å². The average Bonchev–Trinajstić information content (AvgIpc) is 2.46. The fraction of sp³-hybridized carbons (Fsp3) is 0.529. The maximum atomic E-state index is 11.9. The molecule has 2 N–H and O–H groups in total. The summed E-state index contributed by atoms with van der Waals surface area (Å²) in [6.45, 7) is 5.96. The van der Waals surface area contributed by atoms with Crippen LogP contribution in [0.4, 0.5) is 0 Å². The molecule has 0 fully saturated rings. The third kappa shape index (κ3) is 7.15. The Kier molecular flexibility index (Phi) is 7.54. The summed E-state index contributed by atoms with van der Waals surface area (Å²) in [6, 6.07) is 9.33. The Morgan fingerprint density at radius 1 is 1.22 bits per heavy atom. The van der Waals surface area contributed by atoms with Crippen molar-refractivity contribution < 1.29 is 24.2 Å². The largest absolute Gasteiger partial charge is 0.491 e. The van der Waals surface area contributed by atoms with Gasteiger partial charge < -0.3 is 19.9 Å². The van der Waals surface area contributed by atoms with Gasteiger partial charge >= 0.3 is 5.97 Å². The molecule has 0 aromatic heterocycles. The predicted octanol–water partition coefficient (Wildman–Crippen LogP) is 2.09. The normalized spacial score (nSPS) is 13.4. The Labute approximate surface area is 136 Å². The summed E-state index contributed by atoms with van der Waals surface area (Å²) < 4.78 is 10.7. The molecule has 6 nitrogen and oxygen atoms in total. The van der Waals surface area contributed by atoms with Gasteiger partial charge in [-0.1, -0.05) is 32.0 Å². The van der Waals surface area contributed by atoms with E-state index >= 15 is 0 Å². The molecule has 0 spiro atoms. The molecule has 0 heterocycles. The Balaban J connectivity index is 2.28. The van der Waals surface area contributed by atoms with Gasteiger partial charge in [-0.2, -0.15) is 0 Å². The van der Waals surface area contributed by atoms with Gasteiger partial charge in [0.25, 0.3) is 0 Å². The van der Waals surface area contributed by atoms with Crippen molar-refractivity contribution in [3.8, 4) is 5.75 Å². The number of carboxylic acids is 1. The van der Waals surface area contributed by atoms with E-state index < -0.39 is 11.5 Å². The lowest BCUT2D eigenvalue weighted by Gasteiger charge is -2.33. The van der Waals surface area contributed by atoms with E-state index in [1.807, 2.05) is 44.2 Å². The van der Waals surface area contributed by atoms with Crippen LogP contribution in [0.3, 0.4) is 0 Å². The van der Waals surface area contributed by atoms with Crippen LogP contribution in [0.5, 0.6) is 5.75 Å². The van der Waals surface area contributed by atoms with Crippen LogP contribution in [0.15, 0.2) is 30.3 Å². The van der Waals surface area contributed by atoms with Crippen LogP contribution < -0.4 is 10.1 Å². The zero-order valence-electron chi connectivity index (χ0n) is 13.9. The molecule has 1 amide bonds. The lowest BCUT2D eigenvalue weighted by atomic mass is 9.85. The molecule has 1 rings (SSSR count). The molecule has 0 saturated carbocycles. The summed E-state index contributed by atoms with van der Waals surface area (Å²) in [6.07, 6.45) is -0.131. The zero-order valence-corrected chi connectivity index (χ0v) is 13.9. The number of para-hydroxylation sites is 1. The lowest BCUT2D eigenvalue weighted by molar-refractivity contribution is -0.140. The van der Waals surface area contributed by atoms with Gasteiger partial charge in [0.05, 0.1) is 18.6 Å². The van der Waals surface area contributed by atoms with Crippen LogP contribution in [0.1, 0.15) is 27.2 Å². The van der Waals surface area contributed by atoms with Crippen molar-refractivity contribution in [2.45, 2.75) is 32.7 Å². The Bertz CT molecular complexity index is 503. The number of hydrogen-bond donors (Lipinski definition) is 2. The first kappa shape index (κ1) is 19.0. The topological polar surface area (TPSA) is 84.9 Å². The second kappa shape index (κ2) is 9.15. The SMILES string of the molecule is CC(C)C(C)(CC(=O)O)NC(=O)COCCOc1ccccc1. The number of carboxylic acid groups (broad SMARTS) is 1. The fourth-order valence-corrected chi connectivity index (χ4v) is 1.96. The van der Waals surface area contributed by atoms with Crippen molar-refractivity contribution >= 4 is 11.9 Å². The van der Waals surface area contributed by atoms with Gasteiger partial charge in [0, 0.05) is 0 Å². The van der Waals surface area contributed by atoms with Crippen LogP contribution in [-0.4, -0.2) is 42.3 Å². The number of carbonyl (C=O) groups is 2. The summed E-state index contributed by atoms with van der Waals surface area (Å²) in [4.78, 5) is 22.8. The van der Waals surface area contributed by atoms with E-state index in [4.69, 9.17) is 14.6 Å². The van der Waals surface area contributed by atoms with Gasteiger partial charge in [0.2, 0.25) is 5.91 Å². The lowest BCUT2D eigenvalue weighted by Crippen LogP contribution is -2.52. The highest BCUT2D eigenvalue weighted by atomic mass is 16.5. The molecule has 1 aromatic carbocycles. The number of nitrogens with one attached hydrogen (secondary N) is 1. The molecule has 0 aliphatic heterocycles. The van der Waals surface area contributed by atoms with Crippen LogP contribution in [0, 0.1) is 5.92 Å². The zero-order chi connectivity index (χ0) is 17.3. The third-order valence-electron chi connectivity index (χ3n) is 3.69. The molecule has 23 heavy (non-hydrogen) atoms. The second-order valence-electron chi connectivity index (χ2n) is 5.90. The van der Waals surface area contributed by atoms with Crippen molar-refractivity contribution in [2.75, 3.05) is 19.8 Å². The summed E-state index contributed by atoms with van der Waals surface area (Å²) in [5, 5.41) is 11.7. The molecule has 0 aliphatic carbocycles. The molecule has 0 saturated heterocycles. The highest BCUT2D eigenvalue weighted by Gasteiger charge is 2.32. The molecule has 1 atom stereocenters. The van der Waals surface area contributed by atoms with E-state index in [0.717, 1.165) is 5.75 Å². The Morgan fingerprint density at radius 2 is 1.87 bits per heavy atom. The number of ether oxygens (including phenoxy) is 2. The van der Waals surface area contributed by atoms with E-state index in [1.165, 1.54) is 0 Å². The Morgan fingerprint density at radius 3 is 2.43 bits per heavy atom. The van der Waals surface area contributed by atoms with Crippen LogP contribution in [0.2, 0.25) is 0 Å². The minimum Gasteiger partial charge on any atom is -0.491 e. The predicted molar refractivity (Wildman–Crippen MR) is 86.4 cm³/mol. The molecule has 0 radical (unpaired) electrons. The minimum atomic E-state index is -0.946. The number of amides is 1. The van der Waals surface area contributed by atoms with Gasteiger partial charge in [-0.25, -0.2) is 0 Å². The standard InChI is InChI=1S/C17H25NO5/c1-13(2)17(3,11-16(20)21)18-15(19)12-22-9-10-23-14-7-5-4-6-8-14/h4-8,13H,9-12H2,1-3H3,(H,18,19)(H,20,21).